The van der Waals surface area contributed by atoms with E-state index >= 15 is 8.78 Å². The Morgan fingerprint density at radius 1 is 0.383 bits per heavy atom. The predicted molar refractivity (Wildman–Crippen MR) is 528 cm³/mol. The molecule has 9 fully saturated rings. The molecule has 3 aromatic heterocycles. The molecule has 31 heteroatoms. The molecule has 21 nitrogen and oxygen atoms in total. The van der Waals surface area contributed by atoms with Gasteiger partial charge in [0.2, 0.25) is 5.88 Å². The average molecular weight is 1950 g/mol. The van der Waals surface area contributed by atoms with Crippen LogP contribution in [0.2, 0.25) is 0 Å². The number of morpholine rings is 3. The van der Waals surface area contributed by atoms with Crippen molar-refractivity contribution >= 4 is 46.4 Å². The second-order valence-corrected chi connectivity index (χ2v) is 36.8. The second-order valence-electron chi connectivity index (χ2n) is 36.8. The number of alkyl halides is 10. The van der Waals surface area contributed by atoms with Gasteiger partial charge in [0, 0.05) is 170 Å². The van der Waals surface area contributed by atoms with E-state index in [2.05, 4.69) is 42.1 Å². The number of anilines is 6. The summed E-state index contributed by atoms with van der Waals surface area (Å²) in [5.41, 5.74) is 9.31. The van der Waals surface area contributed by atoms with Crippen molar-refractivity contribution in [1.29, 1.82) is 0 Å². The van der Waals surface area contributed by atoms with Gasteiger partial charge in [-0.1, -0.05) is 224 Å². The lowest BCUT2D eigenvalue weighted by Crippen LogP contribution is -2.44. The molecule has 141 heavy (non-hydrogen) atoms. The highest BCUT2D eigenvalue weighted by molar-refractivity contribution is 5.83. The lowest BCUT2D eigenvalue weighted by atomic mass is 9.97. The molecule has 1 saturated carbocycles. The number of pyridine rings is 3. The van der Waals surface area contributed by atoms with Crippen LogP contribution in [0.1, 0.15) is 95.9 Å². The maximum absolute atomic E-state index is 15.1. The molecular formula is C110H123F10N11O10. The van der Waals surface area contributed by atoms with Gasteiger partial charge in [-0.05, 0) is 108 Å². The number of carbonyl (C=O) groups excluding carboxylic acids is 2. The quantitative estimate of drug-likeness (QED) is 0.0482. The van der Waals surface area contributed by atoms with Crippen molar-refractivity contribution in [3.8, 4) is 11.6 Å². The topological polar surface area (TPSA) is 203 Å². The van der Waals surface area contributed by atoms with Crippen molar-refractivity contribution in [3.63, 3.8) is 0 Å². The van der Waals surface area contributed by atoms with Gasteiger partial charge in [0.1, 0.15) is 48.2 Å². The lowest BCUT2D eigenvalue weighted by Gasteiger charge is -2.32. The number of Topliss-reactive ketones (excluding diaryl/α,β-unsaturated/α-hetero) is 1. The van der Waals surface area contributed by atoms with Crippen LogP contribution in [0.3, 0.4) is 0 Å². The van der Waals surface area contributed by atoms with Gasteiger partial charge in [-0.3, -0.25) is 19.3 Å². The second kappa shape index (κ2) is 48.6. The summed E-state index contributed by atoms with van der Waals surface area (Å²) in [4.78, 5) is 70.8. The minimum absolute atomic E-state index is 0.0120. The Kier molecular flexibility index (Phi) is 35.4. The fourth-order valence-corrected chi connectivity index (χ4v) is 19.3. The zero-order chi connectivity index (χ0) is 98.8. The summed E-state index contributed by atoms with van der Waals surface area (Å²) in [6.07, 6.45) is 3.50. The van der Waals surface area contributed by atoms with Gasteiger partial charge in [-0.25, -0.2) is 48.7 Å². The van der Waals surface area contributed by atoms with E-state index in [1.165, 1.54) is 17.7 Å². The van der Waals surface area contributed by atoms with Crippen molar-refractivity contribution in [2.45, 2.75) is 163 Å². The predicted octanol–water partition coefficient (Wildman–Crippen LogP) is 19.4. The van der Waals surface area contributed by atoms with E-state index in [4.69, 9.17) is 33.4 Å². The van der Waals surface area contributed by atoms with Gasteiger partial charge in [0.15, 0.2) is 0 Å². The summed E-state index contributed by atoms with van der Waals surface area (Å²) >= 11 is 0. The molecule has 3 N–H and O–H groups in total. The first-order valence-electron chi connectivity index (χ1n) is 48.6. The molecule has 0 bridgehead atoms. The van der Waals surface area contributed by atoms with Crippen LogP contribution in [0.4, 0.5) is 83.2 Å². The van der Waals surface area contributed by atoms with Gasteiger partial charge >= 0.3 is 6.09 Å². The number of rotatable bonds is 24. The number of benzene rings is 8. The molecule has 9 aliphatic rings. The lowest BCUT2D eigenvalue weighted by molar-refractivity contribution is -0.120. The third-order valence-corrected chi connectivity index (χ3v) is 27.1. The number of amides is 1. The molecule has 8 aliphatic heterocycles. The molecule has 11 aromatic rings. The molecule has 4 unspecified atom stereocenters. The molecule has 6 atom stereocenters. The van der Waals surface area contributed by atoms with E-state index in [-0.39, 0.29) is 102 Å². The number of ketones is 1. The number of nitrogens with zero attached hydrogens (tertiary/aromatic N) is 8. The zero-order valence-electron chi connectivity index (χ0n) is 79.2. The van der Waals surface area contributed by atoms with Crippen LogP contribution in [0.25, 0.3) is 0 Å². The molecule has 8 saturated heterocycles. The van der Waals surface area contributed by atoms with E-state index < -0.39 is 65.9 Å². The number of aromatic nitrogens is 3. The van der Waals surface area contributed by atoms with Crippen LogP contribution in [0, 0.1) is 5.92 Å². The minimum atomic E-state index is -2.90. The number of methoxy groups -OCH3 is 1. The summed E-state index contributed by atoms with van der Waals surface area (Å²) in [6, 6.07) is 79.3. The fraction of sp³-hybridized carbons (Fsp3) is 0.409. The number of ether oxygens (including phenoxy) is 6. The fourth-order valence-electron chi connectivity index (χ4n) is 19.3. The standard InChI is InChI=1S/C28H31F2N3O3.2C20H23F2N3O2.C19H19F2NO2.C12H14O.C11H13F2N/c1-34-24-9-7-22(8-10-24)20-36-27-19-23(32-13-15-35-16-14-32)18-26(31-27)33-12-11-28(29,30)25(33)17-21-5-3-2-4-6-21;2*21-20(22)6-7-25(17(20)12-15-4-2-1-3-5-15)18-13-16(14-19(26)23-18)24-8-10-27-11-9-24;20-19(21)11-12-22(17(19)13-15-7-3-1-4-8-15)18(23)24-14-16-9-5-2-6-10-16;13-12-8-4-7-11(12)9-10-5-2-1-3-6-10;12-11(13)6-7-14-10(11)8-9-4-2-1-3-5-9/h2-10,18-19,25H,11-17,20H2,1H3;2*1-5,13-14,17H,6-12H2,(H,23,26);1-10,17H,11-14H2;1-3,5-6,11H,4,7-9H2;1-5,10,14H,6-8H2/t;2*17-;;;/m.10.../s1. The van der Waals surface area contributed by atoms with Crippen LogP contribution >= 0.6 is 0 Å². The Morgan fingerprint density at radius 2 is 0.745 bits per heavy atom. The SMILES string of the molecule is COc1ccc(COc2cc(N3CCOCC3)cc(N3CCC(F)(F)C3Cc3ccccc3)n2)cc1.FC1(F)CCNC1Cc1ccccc1.O=C(OCc1ccccc1)N1CCC(F)(F)C1Cc1ccccc1.O=C1CCCC1Cc1ccccc1.O=c1cc(N2CCOCC2)cc(N2CCC(F)(F)[C@@H]2Cc2ccccc2)[nH]1.O=c1cc(N2CCOCC2)cc(N2CCC(F)(F)[C@H]2Cc2ccccc2)[nH]1. The molecular weight excluding hydrogens is 1830 g/mol. The number of carbonyl (C=O) groups is 2. The number of halogens is 10. The zero-order valence-corrected chi connectivity index (χ0v) is 79.2. The smallest absolute Gasteiger partial charge is 0.410 e. The summed E-state index contributed by atoms with van der Waals surface area (Å²) in [5.74, 6) is -10.5. The summed E-state index contributed by atoms with van der Waals surface area (Å²) in [6.45, 7) is 9.34. The van der Waals surface area contributed by atoms with Crippen molar-refractivity contribution in [2.75, 3.05) is 148 Å². The van der Waals surface area contributed by atoms with E-state index in [9.17, 15) is 54.3 Å². The minimum Gasteiger partial charge on any atom is -0.497 e. The van der Waals surface area contributed by atoms with Gasteiger partial charge in [-0.2, -0.15) is 4.98 Å². The van der Waals surface area contributed by atoms with Crippen LogP contribution in [0.15, 0.2) is 283 Å². The van der Waals surface area contributed by atoms with Crippen molar-refractivity contribution < 1.29 is 81.9 Å². The largest absolute Gasteiger partial charge is 0.497 e. The van der Waals surface area contributed by atoms with Gasteiger partial charge in [-0.15, -0.1) is 0 Å². The van der Waals surface area contributed by atoms with Crippen molar-refractivity contribution in [2.24, 2.45) is 5.92 Å². The molecule has 20 rings (SSSR count). The van der Waals surface area contributed by atoms with Crippen LogP contribution < -0.4 is 55.3 Å². The number of nitrogens with one attached hydrogen (secondary N) is 3. The molecule has 0 spiro atoms. The Hall–Kier alpha value is -12.7. The summed E-state index contributed by atoms with van der Waals surface area (Å²) in [7, 11) is 1.63. The average Bonchev–Trinajstić information content (AvgIpc) is 1.82. The summed E-state index contributed by atoms with van der Waals surface area (Å²) < 4.78 is 176. The number of hydrogen-bond donors (Lipinski definition) is 3. The molecule has 1 amide bonds. The number of aromatic amines is 2. The Balaban J connectivity index is 0.000000131. The third kappa shape index (κ3) is 28.6. The monoisotopic (exact) mass is 1950 g/mol. The first kappa shape index (κ1) is 103. The number of hydrogen-bond acceptors (Lipinski definition) is 18. The molecule has 8 aromatic carbocycles. The summed E-state index contributed by atoms with van der Waals surface area (Å²) in [5, 5.41) is 2.85. The number of likely N-dealkylation sites (tertiary alicyclic amines) is 1. The van der Waals surface area contributed by atoms with Crippen LogP contribution in [-0.2, 0) is 75.5 Å². The molecule has 748 valence electrons. The highest BCUT2D eigenvalue weighted by Gasteiger charge is 2.54. The van der Waals surface area contributed by atoms with Gasteiger partial charge in [0.05, 0.1) is 70.9 Å². The van der Waals surface area contributed by atoms with E-state index in [1.54, 1.807) is 46.1 Å². The third-order valence-electron chi connectivity index (χ3n) is 27.1. The van der Waals surface area contributed by atoms with Crippen molar-refractivity contribution in [3.05, 3.63) is 338 Å². The normalized spacial score (nSPS) is 21.3. The van der Waals surface area contributed by atoms with Gasteiger partial charge < -0.3 is 73.1 Å². The maximum Gasteiger partial charge on any atom is 0.410 e. The van der Waals surface area contributed by atoms with Crippen molar-refractivity contribution in [1.82, 2.24) is 25.2 Å². The molecule has 1 aliphatic carbocycles. The number of H-pyrrole nitrogens is 2. The van der Waals surface area contributed by atoms with E-state index in [0.29, 0.717) is 120 Å². The highest BCUT2D eigenvalue weighted by Crippen LogP contribution is 2.44. The Bertz CT molecular complexity index is 5710. The van der Waals surface area contributed by atoms with Crippen LogP contribution in [0.5, 0.6) is 11.6 Å². The highest BCUT2D eigenvalue weighted by atomic mass is 19.3. The molecule has 0 radical (unpaired) electrons. The van der Waals surface area contributed by atoms with Crippen LogP contribution in [-0.4, -0.2) is 210 Å². The van der Waals surface area contributed by atoms with E-state index in [0.717, 1.165) is 105 Å². The maximum atomic E-state index is 15.1. The first-order chi connectivity index (χ1) is 68.2. The van der Waals surface area contributed by atoms with E-state index in [1.807, 2.05) is 224 Å². The first-order valence-corrected chi connectivity index (χ1v) is 48.6. The molecule has 11 heterocycles. The van der Waals surface area contributed by atoms with Gasteiger partial charge in [0.25, 0.3) is 40.7 Å². The Morgan fingerprint density at radius 3 is 1.14 bits per heavy atom. The Labute approximate surface area is 816 Å².